The summed E-state index contributed by atoms with van der Waals surface area (Å²) in [7, 11) is 0. The first kappa shape index (κ1) is 31.1. The minimum absolute atomic E-state index is 0.659. The van der Waals surface area contributed by atoms with Gasteiger partial charge in [-0.25, -0.2) is 0 Å². The topological polar surface area (TPSA) is 66.0 Å². The monoisotopic (exact) mass is 594 g/mol. The summed E-state index contributed by atoms with van der Waals surface area (Å²) in [5.41, 5.74) is 2.01. The molecule has 0 fully saturated rings. The average molecular weight is 595 g/mol. The van der Waals surface area contributed by atoms with Crippen molar-refractivity contribution in [3.8, 4) is 23.6 Å². The van der Waals surface area contributed by atoms with E-state index in [0.717, 1.165) is 68.8 Å². The molecule has 0 saturated carbocycles. The molecule has 0 spiro atoms. The molecule has 0 radical (unpaired) electrons. The van der Waals surface area contributed by atoms with E-state index in [4.69, 9.17) is 9.47 Å². The van der Waals surface area contributed by atoms with E-state index in [1.165, 1.54) is 48.4 Å². The molecule has 0 saturated heterocycles. The molecule has 0 N–H and O–H groups in total. The summed E-state index contributed by atoms with van der Waals surface area (Å²) in [5, 5.41) is 20.5. The highest BCUT2D eigenvalue weighted by Crippen LogP contribution is 2.39. The summed E-state index contributed by atoms with van der Waals surface area (Å²) in [6.45, 7) is 5.75. The zero-order valence-electron chi connectivity index (χ0n) is 24.5. The molecule has 4 aromatic rings. The third kappa shape index (κ3) is 8.58. The Bertz CT molecular complexity index is 1480. The van der Waals surface area contributed by atoms with E-state index in [9.17, 15) is 10.5 Å². The zero-order valence-corrected chi connectivity index (χ0v) is 26.2. The zero-order chi connectivity index (χ0) is 29.6. The maximum absolute atomic E-state index is 9.21. The van der Waals surface area contributed by atoms with Gasteiger partial charge in [-0.15, -0.1) is 22.7 Å². The fourth-order valence-corrected chi connectivity index (χ4v) is 6.14. The first-order chi connectivity index (χ1) is 20.7. The van der Waals surface area contributed by atoms with Crippen LogP contribution in [-0.2, 0) is 0 Å². The summed E-state index contributed by atoms with van der Waals surface area (Å²) in [6.07, 6.45) is 17.4. The van der Waals surface area contributed by atoms with Crippen LogP contribution in [-0.4, -0.2) is 13.2 Å². The van der Waals surface area contributed by atoms with E-state index >= 15 is 0 Å². The molecule has 2 aromatic carbocycles. The number of ether oxygens (including phenoxy) is 2. The fraction of sp³-hybridized carbons (Fsp3) is 0.333. The van der Waals surface area contributed by atoms with Crippen molar-refractivity contribution in [1.29, 1.82) is 10.5 Å². The van der Waals surface area contributed by atoms with Gasteiger partial charge >= 0.3 is 0 Å². The number of thiophene rings is 2. The van der Waals surface area contributed by atoms with Crippen molar-refractivity contribution in [2.75, 3.05) is 13.2 Å². The third-order valence-corrected chi connectivity index (χ3v) is 8.89. The standard InChI is InChI=1S/C36H38N2O2S2/c1-3-5-7-9-23-39-35-27(11-15-29-17-19-31(25-37)41-29)13-22-34-33(35)21-14-28(36(34)40-24-10-8-6-4-2)12-16-30-18-20-32(26-38)42-30/h11-22H,3-10,23-24H2,1-2H3/b15-11+,16-12+. The second-order valence-corrected chi connectivity index (χ2v) is 12.4. The van der Waals surface area contributed by atoms with Crippen LogP contribution in [0.4, 0.5) is 0 Å². The van der Waals surface area contributed by atoms with Gasteiger partial charge in [-0.05, 0) is 73.5 Å². The lowest BCUT2D eigenvalue weighted by Crippen LogP contribution is -2.02. The summed E-state index contributed by atoms with van der Waals surface area (Å²) < 4.78 is 13.0. The van der Waals surface area contributed by atoms with Crippen molar-refractivity contribution in [2.24, 2.45) is 0 Å². The molecule has 0 atom stereocenters. The fourth-order valence-electron chi connectivity index (χ4n) is 4.72. The predicted octanol–water partition coefficient (Wildman–Crippen LogP) is 11.0. The Morgan fingerprint density at radius 1 is 0.571 bits per heavy atom. The van der Waals surface area contributed by atoms with E-state index < -0.39 is 0 Å². The average Bonchev–Trinajstić information content (AvgIpc) is 3.68. The molecular weight excluding hydrogens is 557 g/mol. The van der Waals surface area contributed by atoms with Crippen LogP contribution in [0, 0.1) is 22.7 Å². The molecular formula is C36H38N2O2S2. The first-order valence-electron chi connectivity index (χ1n) is 14.9. The van der Waals surface area contributed by atoms with Crippen LogP contribution in [0.3, 0.4) is 0 Å². The van der Waals surface area contributed by atoms with Crippen LogP contribution in [0.2, 0.25) is 0 Å². The van der Waals surface area contributed by atoms with Crippen LogP contribution in [0.1, 0.15) is 95.8 Å². The molecule has 0 aliphatic rings. The van der Waals surface area contributed by atoms with Crippen molar-refractivity contribution in [1.82, 2.24) is 0 Å². The minimum atomic E-state index is 0.659. The summed E-state index contributed by atoms with van der Waals surface area (Å²) >= 11 is 2.96. The number of nitriles is 2. The third-order valence-electron chi connectivity index (χ3n) is 6.98. The molecule has 2 heterocycles. The Hall–Kier alpha value is -3.84. The molecule has 0 amide bonds. The largest absolute Gasteiger partial charge is 0.492 e. The second-order valence-electron chi connectivity index (χ2n) is 10.2. The Balaban J connectivity index is 1.72. The Morgan fingerprint density at radius 2 is 1.02 bits per heavy atom. The number of benzene rings is 2. The lowest BCUT2D eigenvalue weighted by Gasteiger charge is -2.17. The quantitative estimate of drug-likeness (QED) is 0.121. The number of hydrogen-bond acceptors (Lipinski definition) is 6. The molecule has 4 rings (SSSR count). The number of fused-ring (bicyclic) bond motifs is 1. The summed E-state index contributed by atoms with van der Waals surface area (Å²) in [6, 6.07) is 20.6. The predicted molar refractivity (Wildman–Crippen MR) is 179 cm³/mol. The molecule has 216 valence electrons. The maximum atomic E-state index is 9.21. The van der Waals surface area contributed by atoms with Crippen LogP contribution >= 0.6 is 22.7 Å². The summed E-state index contributed by atoms with van der Waals surface area (Å²) in [4.78, 5) is 3.47. The van der Waals surface area contributed by atoms with Gasteiger partial charge in [0.25, 0.3) is 0 Å². The molecule has 0 bridgehead atoms. The maximum Gasteiger partial charge on any atom is 0.134 e. The summed E-state index contributed by atoms with van der Waals surface area (Å²) in [5.74, 6) is 1.72. The van der Waals surface area contributed by atoms with Crippen molar-refractivity contribution in [3.63, 3.8) is 0 Å². The van der Waals surface area contributed by atoms with Crippen LogP contribution in [0.25, 0.3) is 35.1 Å². The molecule has 0 unspecified atom stereocenters. The van der Waals surface area contributed by atoms with E-state index in [2.05, 4.69) is 74.6 Å². The van der Waals surface area contributed by atoms with Gasteiger partial charge < -0.3 is 9.47 Å². The first-order valence-corrected chi connectivity index (χ1v) is 16.5. The molecule has 2 aromatic heterocycles. The molecule has 4 nitrogen and oxygen atoms in total. The van der Waals surface area contributed by atoms with Crippen LogP contribution in [0.15, 0.2) is 48.5 Å². The van der Waals surface area contributed by atoms with Gasteiger partial charge in [0.2, 0.25) is 0 Å². The van der Waals surface area contributed by atoms with Crippen molar-refractivity contribution < 1.29 is 9.47 Å². The lowest BCUT2D eigenvalue weighted by atomic mass is 10.0. The van der Waals surface area contributed by atoms with Crippen LogP contribution in [0.5, 0.6) is 11.5 Å². The van der Waals surface area contributed by atoms with Gasteiger partial charge in [0.15, 0.2) is 0 Å². The second kappa shape index (κ2) is 16.6. The van der Waals surface area contributed by atoms with Gasteiger partial charge in [-0.1, -0.05) is 64.5 Å². The Kier molecular flexibility index (Phi) is 12.3. The normalized spacial score (nSPS) is 11.3. The lowest BCUT2D eigenvalue weighted by molar-refractivity contribution is 0.305. The number of unbranched alkanes of at least 4 members (excludes halogenated alkanes) is 6. The van der Waals surface area contributed by atoms with Crippen LogP contribution < -0.4 is 9.47 Å². The van der Waals surface area contributed by atoms with Gasteiger partial charge in [-0.3, -0.25) is 0 Å². The Labute approximate surface area is 258 Å². The molecule has 42 heavy (non-hydrogen) atoms. The van der Waals surface area contributed by atoms with E-state index in [1.807, 2.05) is 24.3 Å². The number of rotatable bonds is 16. The van der Waals surface area contributed by atoms with Crippen molar-refractivity contribution >= 4 is 57.8 Å². The van der Waals surface area contributed by atoms with Gasteiger partial charge in [0, 0.05) is 31.7 Å². The number of hydrogen-bond donors (Lipinski definition) is 0. The van der Waals surface area contributed by atoms with E-state index in [1.54, 1.807) is 0 Å². The van der Waals surface area contributed by atoms with Crippen molar-refractivity contribution in [2.45, 2.75) is 65.2 Å². The minimum Gasteiger partial charge on any atom is -0.492 e. The number of nitrogens with zero attached hydrogens (tertiary/aromatic N) is 2. The highest BCUT2D eigenvalue weighted by atomic mass is 32.1. The van der Waals surface area contributed by atoms with Gasteiger partial charge in [-0.2, -0.15) is 10.5 Å². The van der Waals surface area contributed by atoms with Gasteiger partial charge in [0.1, 0.15) is 33.4 Å². The molecule has 6 heteroatoms. The van der Waals surface area contributed by atoms with Gasteiger partial charge in [0.05, 0.1) is 13.2 Å². The highest BCUT2D eigenvalue weighted by molar-refractivity contribution is 7.13. The Morgan fingerprint density at radius 3 is 1.40 bits per heavy atom. The van der Waals surface area contributed by atoms with E-state index in [0.29, 0.717) is 23.0 Å². The van der Waals surface area contributed by atoms with E-state index in [-0.39, 0.29) is 0 Å². The SMILES string of the molecule is CCCCCCOc1c(/C=C/c2ccc(C#N)s2)ccc2c(OCCCCCC)c(/C=C/c3ccc(C#N)s3)ccc12. The molecule has 0 aliphatic heterocycles. The highest BCUT2D eigenvalue weighted by Gasteiger charge is 2.15. The smallest absolute Gasteiger partial charge is 0.134 e. The van der Waals surface area contributed by atoms with Crippen molar-refractivity contribution in [3.05, 3.63) is 79.2 Å². The molecule has 0 aliphatic carbocycles.